The van der Waals surface area contributed by atoms with Crippen LogP contribution in [-0.4, -0.2) is 17.5 Å². The Balaban J connectivity index is -0.0000000286. The zero-order valence-corrected chi connectivity index (χ0v) is 7.35. The molecule has 0 aliphatic carbocycles. The first-order valence-electron chi connectivity index (χ1n) is 1.20. The Kier molecular flexibility index (Phi) is 15.1. The predicted octanol–water partition coefficient (Wildman–Crippen LogP) is -2.73. The van der Waals surface area contributed by atoms with Crippen molar-refractivity contribution in [1.82, 2.24) is 0 Å². The van der Waals surface area contributed by atoms with Gasteiger partial charge in [0.05, 0.1) is 0 Å². The molecule has 0 aliphatic rings. The molecule has 0 aliphatic heterocycles. The summed E-state index contributed by atoms with van der Waals surface area (Å²) in [4.78, 5) is 0. The summed E-state index contributed by atoms with van der Waals surface area (Å²) in [7, 11) is -4.67. The average Bonchev–Trinajstić information content (AvgIpc) is 1.36. The second-order valence-electron chi connectivity index (χ2n) is 0.448. The van der Waals surface area contributed by atoms with Crippen molar-refractivity contribution in [3.05, 3.63) is 13.2 Å². The molecule has 0 amide bonds. The largest absolute Gasteiger partial charge is 1.00 e. The van der Waals surface area contributed by atoms with Crippen LogP contribution in [0.5, 0.6) is 0 Å². The van der Waals surface area contributed by atoms with Gasteiger partial charge in [-0.3, -0.25) is 9.11 Å². The van der Waals surface area contributed by atoms with Crippen molar-refractivity contribution in [3.8, 4) is 0 Å². The monoisotopic (exact) mass is 150 g/mol. The van der Waals surface area contributed by atoms with Crippen LogP contribution >= 0.6 is 0 Å². The van der Waals surface area contributed by atoms with E-state index in [1.165, 1.54) is 0 Å². The van der Waals surface area contributed by atoms with E-state index in [4.69, 9.17) is 17.5 Å². The van der Waals surface area contributed by atoms with Crippen LogP contribution in [0, 0.1) is 0 Å². The minimum absolute atomic E-state index is 0. The van der Waals surface area contributed by atoms with Crippen molar-refractivity contribution in [3.63, 3.8) is 0 Å². The normalized spacial score (nSPS) is 7.75. The van der Waals surface area contributed by atoms with Crippen molar-refractivity contribution in [2.45, 2.75) is 0 Å². The summed E-state index contributed by atoms with van der Waals surface area (Å²) >= 11 is 0. The summed E-state index contributed by atoms with van der Waals surface area (Å²) < 4.78 is 31.6. The van der Waals surface area contributed by atoms with E-state index in [9.17, 15) is 0 Å². The molecule has 0 aromatic carbocycles. The van der Waals surface area contributed by atoms with Gasteiger partial charge in [-0.25, -0.2) is 0 Å². The minimum atomic E-state index is -4.67. The van der Waals surface area contributed by atoms with Crippen LogP contribution in [0.2, 0.25) is 0 Å². The second kappa shape index (κ2) is 7.61. The molecule has 6 heteroatoms. The first-order chi connectivity index (χ1) is 3.00. The van der Waals surface area contributed by atoms with Gasteiger partial charge in [-0.15, -0.1) is 13.2 Å². The number of hydrogen-bond acceptors (Lipinski definition) is 2. The van der Waals surface area contributed by atoms with E-state index in [2.05, 4.69) is 13.2 Å². The Labute approximate surface area is 72.0 Å². The van der Waals surface area contributed by atoms with E-state index in [1.807, 2.05) is 0 Å². The van der Waals surface area contributed by atoms with Crippen molar-refractivity contribution in [2.75, 3.05) is 0 Å². The van der Waals surface area contributed by atoms with Crippen LogP contribution in [0.4, 0.5) is 0 Å². The Morgan fingerprint density at radius 2 is 1.25 bits per heavy atom. The van der Waals surface area contributed by atoms with Crippen LogP contribution in [0.1, 0.15) is 1.43 Å². The molecule has 0 unspecified atom stereocenters. The van der Waals surface area contributed by atoms with Gasteiger partial charge in [0.15, 0.2) is 0 Å². The van der Waals surface area contributed by atoms with Crippen LogP contribution in [0.15, 0.2) is 13.2 Å². The molecule has 4 nitrogen and oxygen atoms in total. The molecule has 0 aromatic heterocycles. The Hall–Kier alpha value is 0.610. The van der Waals surface area contributed by atoms with Gasteiger partial charge in [-0.05, 0) is 0 Å². The van der Waals surface area contributed by atoms with Gasteiger partial charge in [0.1, 0.15) is 0 Å². The SMILES string of the molecule is C=C.O=S(=O)(O)O.[H-].[Na+]. The fourth-order valence-electron chi connectivity index (χ4n) is 0. The first kappa shape index (κ1) is 15.8. The first-order valence-corrected chi connectivity index (χ1v) is 2.60. The summed E-state index contributed by atoms with van der Waals surface area (Å²) in [5, 5.41) is 0. The molecule has 0 bridgehead atoms. The maximum absolute atomic E-state index is 8.74. The van der Waals surface area contributed by atoms with Gasteiger partial charge in [0.25, 0.3) is 0 Å². The quantitative estimate of drug-likeness (QED) is 0.223. The maximum Gasteiger partial charge on any atom is 1.00 e. The van der Waals surface area contributed by atoms with E-state index in [-0.39, 0.29) is 31.0 Å². The molecule has 8 heavy (non-hydrogen) atoms. The molecule has 0 spiro atoms. The van der Waals surface area contributed by atoms with Gasteiger partial charge in [-0.1, -0.05) is 0 Å². The molecule has 2 N–H and O–H groups in total. The van der Waals surface area contributed by atoms with E-state index in [0.717, 1.165) is 0 Å². The second-order valence-corrected chi connectivity index (χ2v) is 1.34. The third-order valence-corrected chi connectivity index (χ3v) is 0. The standard InChI is InChI=1S/C2H4.Na.H2O4S.H/c1-2;;1-5(2,3)4;/h1-2H2;;(H2,1,2,3,4);/q;+1;;-1. The summed E-state index contributed by atoms with van der Waals surface area (Å²) in [6.07, 6.45) is 0. The zero-order chi connectivity index (χ0) is 6.50. The predicted molar refractivity (Wildman–Crippen MR) is 26.5 cm³/mol. The third kappa shape index (κ3) is 559. The molecule has 0 saturated heterocycles. The van der Waals surface area contributed by atoms with E-state index in [1.54, 1.807) is 0 Å². The Morgan fingerprint density at radius 3 is 1.25 bits per heavy atom. The van der Waals surface area contributed by atoms with Crippen molar-refractivity contribution >= 4 is 10.4 Å². The van der Waals surface area contributed by atoms with Gasteiger partial charge < -0.3 is 1.43 Å². The van der Waals surface area contributed by atoms with Gasteiger partial charge in [0, 0.05) is 0 Å². The van der Waals surface area contributed by atoms with Crippen LogP contribution in [0.25, 0.3) is 0 Å². The molecule has 0 atom stereocenters. The smallest absolute Gasteiger partial charge is 1.00 e. The van der Waals surface area contributed by atoms with Crippen LogP contribution in [-0.2, 0) is 10.4 Å². The molecule has 0 aromatic rings. The summed E-state index contributed by atoms with van der Waals surface area (Å²) in [5.74, 6) is 0. The maximum atomic E-state index is 8.74. The Morgan fingerprint density at radius 1 is 1.25 bits per heavy atom. The molecule has 46 valence electrons. The molecule has 0 fully saturated rings. The topological polar surface area (TPSA) is 74.6 Å². The molecule has 0 rings (SSSR count). The van der Waals surface area contributed by atoms with Crippen LogP contribution in [0.3, 0.4) is 0 Å². The summed E-state index contributed by atoms with van der Waals surface area (Å²) in [6, 6.07) is 0. The van der Waals surface area contributed by atoms with Crippen molar-refractivity contribution in [2.24, 2.45) is 0 Å². The summed E-state index contributed by atoms with van der Waals surface area (Å²) in [6.45, 7) is 6.00. The van der Waals surface area contributed by atoms with Crippen molar-refractivity contribution in [1.29, 1.82) is 0 Å². The Bertz CT molecular complexity index is 113. The number of rotatable bonds is 0. The molecule has 0 saturated carbocycles. The molecular weight excluding hydrogens is 143 g/mol. The molecular formula is C2H7NaO4S. The zero-order valence-electron chi connectivity index (χ0n) is 5.53. The summed E-state index contributed by atoms with van der Waals surface area (Å²) in [5.41, 5.74) is 0. The average molecular weight is 150 g/mol. The molecule has 0 heterocycles. The number of hydrogen-bond donors (Lipinski definition) is 2. The van der Waals surface area contributed by atoms with Crippen LogP contribution < -0.4 is 29.6 Å². The fourth-order valence-corrected chi connectivity index (χ4v) is 0. The third-order valence-electron chi connectivity index (χ3n) is 0. The van der Waals surface area contributed by atoms with Crippen molar-refractivity contribution < 1.29 is 48.5 Å². The molecule has 0 radical (unpaired) electrons. The van der Waals surface area contributed by atoms with Gasteiger partial charge >= 0.3 is 40.0 Å². The van der Waals surface area contributed by atoms with Gasteiger partial charge in [0.2, 0.25) is 0 Å². The van der Waals surface area contributed by atoms with E-state index in [0.29, 0.717) is 0 Å². The van der Waals surface area contributed by atoms with Gasteiger partial charge in [-0.2, -0.15) is 8.42 Å². The minimum Gasteiger partial charge on any atom is -1.00 e. The van der Waals surface area contributed by atoms with E-state index >= 15 is 0 Å². The van der Waals surface area contributed by atoms with E-state index < -0.39 is 10.4 Å². The fraction of sp³-hybridized carbons (Fsp3) is 0.